The molecule has 0 spiro atoms. The SMILES string of the molecule is CCOC(=O)C(Cc1ccccc1)c1[nH]c2ccc(O)c(C)c2c1SC. The molecule has 1 aromatic heterocycles. The standard InChI is InChI=1S/C21H23NO3S/c1-4-25-21(24)15(12-14-8-6-5-7-9-14)19-20(26-3)18-13(2)17(23)11-10-16(18)22-19/h5-11,15,22-23H,4,12H2,1-3H3. The fourth-order valence-electron chi connectivity index (χ4n) is 3.29. The highest BCUT2D eigenvalue weighted by molar-refractivity contribution is 7.98. The van der Waals surface area contributed by atoms with Crippen LogP contribution in [-0.2, 0) is 16.0 Å². The van der Waals surface area contributed by atoms with E-state index in [0.29, 0.717) is 13.0 Å². The molecule has 5 heteroatoms. The lowest BCUT2D eigenvalue weighted by Crippen LogP contribution is -2.19. The van der Waals surface area contributed by atoms with E-state index >= 15 is 0 Å². The lowest BCUT2D eigenvalue weighted by molar-refractivity contribution is -0.145. The van der Waals surface area contributed by atoms with E-state index in [9.17, 15) is 9.90 Å². The number of aromatic amines is 1. The fraction of sp³-hybridized carbons (Fsp3) is 0.286. The Morgan fingerprint density at radius 1 is 1.23 bits per heavy atom. The molecule has 136 valence electrons. The van der Waals surface area contributed by atoms with Crippen LogP contribution >= 0.6 is 11.8 Å². The van der Waals surface area contributed by atoms with Crippen LogP contribution in [0.5, 0.6) is 5.75 Å². The molecule has 0 saturated heterocycles. The van der Waals surface area contributed by atoms with Crippen LogP contribution in [0.15, 0.2) is 47.4 Å². The molecule has 0 aliphatic heterocycles. The quantitative estimate of drug-likeness (QED) is 0.484. The number of fused-ring (bicyclic) bond motifs is 1. The monoisotopic (exact) mass is 369 g/mol. The third-order valence-corrected chi connectivity index (χ3v) is 5.42. The van der Waals surface area contributed by atoms with E-state index in [0.717, 1.165) is 32.6 Å². The van der Waals surface area contributed by atoms with Gasteiger partial charge in [-0.1, -0.05) is 30.3 Å². The van der Waals surface area contributed by atoms with Crippen molar-refractivity contribution in [2.24, 2.45) is 0 Å². The van der Waals surface area contributed by atoms with Crippen molar-refractivity contribution in [2.75, 3.05) is 12.9 Å². The van der Waals surface area contributed by atoms with Gasteiger partial charge < -0.3 is 14.8 Å². The van der Waals surface area contributed by atoms with E-state index in [2.05, 4.69) is 4.98 Å². The first-order chi connectivity index (χ1) is 12.6. The van der Waals surface area contributed by atoms with Crippen molar-refractivity contribution < 1.29 is 14.6 Å². The maximum absolute atomic E-state index is 12.7. The summed E-state index contributed by atoms with van der Waals surface area (Å²) in [4.78, 5) is 17.1. The molecular weight excluding hydrogens is 346 g/mol. The summed E-state index contributed by atoms with van der Waals surface area (Å²) < 4.78 is 5.36. The second-order valence-corrected chi connectivity index (χ2v) is 7.02. The van der Waals surface area contributed by atoms with Gasteiger partial charge >= 0.3 is 5.97 Å². The number of hydrogen-bond donors (Lipinski definition) is 2. The van der Waals surface area contributed by atoms with Gasteiger partial charge in [-0.15, -0.1) is 11.8 Å². The van der Waals surface area contributed by atoms with Crippen LogP contribution in [-0.4, -0.2) is 28.9 Å². The van der Waals surface area contributed by atoms with Gasteiger partial charge in [-0.3, -0.25) is 4.79 Å². The largest absolute Gasteiger partial charge is 0.508 e. The van der Waals surface area contributed by atoms with Gasteiger partial charge in [0.05, 0.1) is 6.61 Å². The van der Waals surface area contributed by atoms with Gasteiger partial charge in [0.1, 0.15) is 11.7 Å². The predicted molar refractivity (Wildman–Crippen MR) is 106 cm³/mol. The molecular formula is C21H23NO3S. The lowest BCUT2D eigenvalue weighted by Gasteiger charge is -2.16. The van der Waals surface area contributed by atoms with E-state index in [1.165, 1.54) is 0 Å². The highest BCUT2D eigenvalue weighted by Gasteiger charge is 2.28. The van der Waals surface area contributed by atoms with Crippen molar-refractivity contribution in [2.45, 2.75) is 31.1 Å². The van der Waals surface area contributed by atoms with E-state index in [-0.39, 0.29) is 11.7 Å². The zero-order chi connectivity index (χ0) is 18.7. The molecule has 3 rings (SSSR count). The van der Waals surface area contributed by atoms with Crippen molar-refractivity contribution in [1.29, 1.82) is 0 Å². The second-order valence-electron chi connectivity index (χ2n) is 6.20. The Labute approximate surface area is 157 Å². The van der Waals surface area contributed by atoms with Crippen molar-refractivity contribution >= 4 is 28.6 Å². The number of rotatable bonds is 6. The average Bonchev–Trinajstić information content (AvgIpc) is 3.02. The zero-order valence-electron chi connectivity index (χ0n) is 15.2. The van der Waals surface area contributed by atoms with Crippen LogP contribution in [0.1, 0.15) is 29.7 Å². The Balaban J connectivity index is 2.14. The number of hydrogen-bond acceptors (Lipinski definition) is 4. The summed E-state index contributed by atoms with van der Waals surface area (Å²) in [6, 6.07) is 13.5. The molecule has 0 aliphatic rings. The first-order valence-corrected chi connectivity index (χ1v) is 9.88. The van der Waals surface area contributed by atoms with Crippen LogP contribution in [0.25, 0.3) is 10.9 Å². The van der Waals surface area contributed by atoms with Crippen molar-refractivity contribution in [1.82, 2.24) is 4.98 Å². The van der Waals surface area contributed by atoms with Crippen LogP contribution in [0.4, 0.5) is 0 Å². The number of carbonyl (C=O) groups excluding carboxylic acids is 1. The van der Waals surface area contributed by atoms with Crippen molar-refractivity contribution in [3.05, 3.63) is 59.3 Å². The second kappa shape index (κ2) is 7.87. The Morgan fingerprint density at radius 2 is 1.96 bits per heavy atom. The number of aromatic hydroxyl groups is 1. The summed E-state index contributed by atoms with van der Waals surface area (Å²) in [5.74, 6) is -0.400. The Kier molecular flexibility index (Phi) is 5.57. The maximum Gasteiger partial charge on any atom is 0.315 e. The zero-order valence-corrected chi connectivity index (χ0v) is 16.0. The Bertz CT molecular complexity index is 918. The van der Waals surface area contributed by atoms with Crippen LogP contribution in [0, 0.1) is 6.92 Å². The molecule has 3 aromatic rings. The van der Waals surface area contributed by atoms with Gasteiger partial charge in [-0.05, 0) is 44.2 Å². The summed E-state index contributed by atoms with van der Waals surface area (Å²) in [6.07, 6.45) is 2.55. The molecule has 0 saturated carbocycles. The van der Waals surface area contributed by atoms with Gasteiger partial charge in [0.25, 0.3) is 0 Å². The van der Waals surface area contributed by atoms with Crippen molar-refractivity contribution in [3.63, 3.8) is 0 Å². The summed E-state index contributed by atoms with van der Waals surface area (Å²) >= 11 is 1.58. The van der Waals surface area contributed by atoms with E-state index in [1.54, 1.807) is 17.8 Å². The van der Waals surface area contributed by atoms with Gasteiger partial charge in [-0.2, -0.15) is 0 Å². The molecule has 0 fully saturated rings. The molecule has 0 amide bonds. The molecule has 1 atom stereocenters. The minimum Gasteiger partial charge on any atom is -0.508 e. The topological polar surface area (TPSA) is 62.3 Å². The predicted octanol–water partition coefficient (Wildman–Crippen LogP) is 4.79. The fourth-order valence-corrected chi connectivity index (χ4v) is 4.17. The maximum atomic E-state index is 12.7. The molecule has 4 nitrogen and oxygen atoms in total. The number of phenolic OH excluding ortho intramolecular Hbond substituents is 1. The van der Waals surface area contributed by atoms with Gasteiger partial charge in [0.2, 0.25) is 0 Å². The first kappa shape index (κ1) is 18.4. The first-order valence-electron chi connectivity index (χ1n) is 8.65. The molecule has 1 unspecified atom stereocenters. The summed E-state index contributed by atoms with van der Waals surface area (Å²) in [7, 11) is 0. The Morgan fingerprint density at radius 3 is 2.62 bits per heavy atom. The number of nitrogens with one attached hydrogen (secondary N) is 1. The third kappa shape index (κ3) is 3.44. The van der Waals surface area contributed by atoms with Crippen LogP contribution in [0.2, 0.25) is 0 Å². The number of benzene rings is 2. The van der Waals surface area contributed by atoms with Crippen LogP contribution < -0.4 is 0 Å². The minimum absolute atomic E-state index is 0.236. The van der Waals surface area contributed by atoms with Crippen molar-refractivity contribution in [3.8, 4) is 5.75 Å². The van der Waals surface area contributed by atoms with Gasteiger partial charge in [0, 0.05) is 27.1 Å². The Hall–Kier alpha value is -2.40. The summed E-state index contributed by atoms with van der Waals surface area (Å²) in [6.45, 7) is 4.06. The summed E-state index contributed by atoms with van der Waals surface area (Å²) in [5.41, 5.74) is 3.66. The third-order valence-electron chi connectivity index (χ3n) is 4.58. The van der Waals surface area contributed by atoms with E-state index < -0.39 is 5.92 Å². The molecule has 0 aliphatic carbocycles. The summed E-state index contributed by atoms with van der Waals surface area (Å²) in [5, 5.41) is 11.1. The highest BCUT2D eigenvalue weighted by Crippen LogP contribution is 2.40. The van der Waals surface area contributed by atoms with Crippen LogP contribution in [0.3, 0.4) is 0 Å². The number of ether oxygens (including phenoxy) is 1. The molecule has 2 N–H and O–H groups in total. The normalized spacial score (nSPS) is 12.3. The number of esters is 1. The number of H-pyrrole nitrogens is 1. The smallest absolute Gasteiger partial charge is 0.315 e. The molecule has 0 bridgehead atoms. The lowest BCUT2D eigenvalue weighted by atomic mass is 9.96. The number of phenols is 1. The molecule has 1 heterocycles. The number of aryl methyl sites for hydroxylation is 1. The number of aromatic nitrogens is 1. The number of thioether (sulfide) groups is 1. The average molecular weight is 369 g/mol. The molecule has 26 heavy (non-hydrogen) atoms. The highest BCUT2D eigenvalue weighted by atomic mass is 32.2. The number of carbonyl (C=O) groups is 1. The van der Waals surface area contributed by atoms with E-state index in [4.69, 9.17) is 4.74 Å². The molecule has 2 aromatic carbocycles. The van der Waals surface area contributed by atoms with Gasteiger partial charge in [0.15, 0.2) is 0 Å². The molecule has 0 radical (unpaired) electrons. The minimum atomic E-state index is -0.422. The van der Waals surface area contributed by atoms with E-state index in [1.807, 2.05) is 56.5 Å². The van der Waals surface area contributed by atoms with Gasteiger partial charge in [-0.25, -0.2) is 0 Å².